The second-order valence-electron chi connectivity index (χ2n) is 2.72. The van der Waals surface area contributed by atoms with Crippen molar-refractivity contribution in [3.63, 3.8) is 0 Å². The molecule has 0 radical (unpaired) electrons. The first-order valence-electron chi connectivity index (χ1n) is 3.50. The van der Waals surface area contributed by atoms with E-state index in [1.165, 1.54) is 16.7 Å². The van der Waals surface area contributed by atoms with E-state index in [-0.39, 0.29) is 0 Å². The molecule has 3 heteroatoms. The molecule has 0 aromatic heterocycles. The van der Waals surface area contributed by atoms with Crippen LogP contribution in [0.25, 0.3) is 0 Å². The van der Waals surface area contributed by atoms with Gasteiger partial charge >= 0.3 is 46.2 Å². The molecule has 0 aliphatic rings. The van der Waals surface area contributed by atoms with Gasteiger partial charge < -0.3 is 0 Å². The van der Waals surface area contributed by atoms with Gasteiger partial charge in [0.25, 0.3) is 0 Å². The van der Waals surface area contributed by atoms with E-state index in [9.17, 15) is 0.167 Å². The van der Waals surface area contributed by atoms with Crippen molar-refractivity contribution in [1.29, 1.82) is 0 Å². The molecule has 0 bridgehead atoms. The van der Waals surface area contributed by atoms with Crippen molar-refractivity contribution in [3.8, 4) is 0 Å². The van der Waals surface area contributed by atoms with Crippen molar-refractivity contribution < 1.29 is 46.2 Å². The van der Waals surface area contributed by atoms with Crippen molar-refractivity contribution >= 4 is 0 Å². The van der Waals surface area contributed by atoms with E-state index in [0.717, 1.165) is 0 Å². The van der Waals surface area contributed by atoms with Crippen molar-refractivity contribution in [2.24, 2.45) is 0 Å². The normalized spacial score (nSPS) is 9.08. The Morgan fingerprint density at radius 2 is 1.00 bits per heavy atom. The number of hydrogen-bond donors (Lipinski definition) is 0. The van der Waals surface area contributed by atoms with Crippen molar-refractivity contribution in [3.05, 3.63) is 34.9 Å². The zero-order valence-electron chi connectivity index (χ0n) is 7.34. The minimum atomic E-state index is -2.29. The molecule has 0 unspecified atom stereocenters. The van der Waals surface area contributed by atoms with Gasteiger partial charge in [0.1, 0.15) is 0 Å². The monoisotopic (exact) mass is 290 g/mol. The Kier molecular flexibility index (Phi) is 7.48. The molecule has 0 atom stereocenters. The van der Waals surface area contributed by atoms with Crippen molar-refractivity contribution in [2.75, 3.05) is 0 Å². The van der Waals surface area contributed by atoms with Gasteiger partial charge in [0.2, 0.25) is 0 Å². The molecular weight excluding hydrogens is 277 g/mol. The van der Waals surface area contributed by atoms with E-state index in [1.54, 1.807) is 0 Å². The molecule has 0 heterocycles. The number of hydrogen-bond acceptors (Lipinski definition) is 0. The predicted molar refractivity (Wildman–Crippen MR) is 42.9 cm³/mol. The fraction of sp³-hybridized carbons (Fsp3) is 0.333. The van der Waals surface area contributed by atoms with Crippen LogP contribution in [-0.2, 0) is 0 Å². The van der Waals surface area contributed by atoms with Crippen LogP contribution in [0.3, 0.4) is 0 Å². The number of halogens is 2. The molecular formula is C9H12F2Xe. The van der Waals surface area contributed by atoms with Gasteiger partial charge in [-0.2, -0.15) is 0 Å². The van der Waals surface area contributed by atoms with Gasteiger partial charge in [0.15, 0.2) is 0 Å². The summed E-state index contributed by atoms with van der Waals surface area (Å²) in [6.07, 6.45) is 0. The van der Waals surface area contributed by atoms with E-state index in [0.29, 0.717) is 0 Å². The van der Waals surface area contributed by atoms with Gasteiger partial charge in [-0.15, -0.1) is 0 Å². The maximum absolute atomic E-state index is 9.72. The summed E-state index contributed by atoms with van der Waals surface area (Å²) in [5.41, 5.74) is 4.06. The molecule has 70 valence electrons. The Hall–Kier alpha value is 0.651. The molecule has 0 spiro atoms. The summed E-state index contributed by atoms with van der Waals surface area (Å²) in [4.78, 5) is 0. The van der Waals surface area contributed by atoms with Crippen LogP contribution in [-0.4, -0.2) is 0 Å². The van der Waals surface area contributed by atoms with Crippen molar-refractivity contribution in [2.45, 2.75) is 20.8 Å². The predicted octanol–water partition coefficient (Wildman–Crippen LogP) is 3.45. The Bertz CT molecular complexity index is 185. The van der Waals surface area contributed by atoms with Gasteiger partial charge in [0.05, 0.1) is 0 Å². The van der Waals surface area contributed by atoms with E-state index in [2.05, 4.69) is 39.0 Å². The topological polar surface area (TPSA) is 0 Å². The van der Waals surface area contributed by atoms with E-state index >= 15 is 0 Å². The summed E-state index contributed by atoms with van der Waals surface area (Å²) in [5.74, 6) is 0. The van der Waals surface area contributed by atoms with Crippen LogP contribution in [0, 0.1) is 66.8 Å². The van der Waals surface area contributed by atoms with Gasteiger partial charge in [-0.3, -0.25) is 0 Å². The van der Waals surface area contributed by atoms with E-state index in [1.807, 2.05) is 0 Å². The van der Waals surface area contributed by atoms with Crippen LogP contribution in [0.5, 0.6) is 0 Å². The first-order chi connectivity index (χ1) is 5.60. The van der Waals surface area contributed by atoms with Crippen molar-refractivity contribution in [1.82, 2.24) is 0 Å². The van der Waals surface area contributed by atoms with Gasteiger partial charge in [-0.25, -0.2) is 0 Å². The summed E-state index contributed by atoms with van der Waals surface area (Å²) in [6.45, 7) is 6.38. The molecule has 12 heavy (non-hydrogen) atoms. The third-order valence-corrected chi connectivity index (χ3v) is 1.37. The molecule has 0 saturated heterocycles. The van der Waals surface area contributed by atoms with E-state index < -0.39 is 46.0 Å². The number of benzene rings is 1. The van der Waals surface area contributed by atoms with Crippen LogP contribution in [0.4, 0.5) is 0.167 Å². The van der Waals surface area contributed by atoms with Crippen LogP contribution in [0.15, 0.2) is 18.2 Å². The zero-order valence-corrected chi connectivity index (χ0v) is 9.36. The first kappa shape index (κ1) is 12.7. The average Bonchev–Trinajstić information content (AvgIpc) is 1.84. The SMILES string of the molecule is Cc1cc(C)cc(C)c1.F[Xe]F. The van der Waals surface area contributed by atoms with Crippen LogP contribution in [0.1, 0.15) is 16.7 Å². The summed E-state index contributed by atoms with van der Waals surface area (Å²) in [6, 6.07) is 6.56. The Labute approximate surface area is 100 Å². The second kappa shape index (κ2) is 7.09. The molecule has 0 aliphatic heterocycles. The molecule has 0 aliphatic carbocycles. The Morgan fingerprint density at radius 1 is 0.833 bits per heavy atom. The average molecular weight is 289 g/mol. The molecule has 0 N–H and O–H groups in total. The fourth-order valence-corrected chi connectivity index (χ4v) is 1.20. The second-order valence-corrected chi connectivity index (χ2v) is 3.00. The molecule has 0 fully saturated rings. The van der Waals surface area contributed by atoms with Crippen LogP contribution < -0.4 is 0 Å². The third kappa shape index (κ3) is 6.20. The van der Waals surface area contributed by atoms with Gasteiger partial charge in [-0.05, 0) is 20.8 Å². The summed E-state index contributed by atoms with van der Waals surface area (Å²) >= 11 is -2.29. The zero-order chi connectivity index (χ0) is 9.56. The number of rotatable bonds is 0. The number of aryl methyl sites for hydroxylation is 3. The van der Waals surface area contributed by atoms with E-state index in [4.69, 9.17) is 0 Å². The molecule has 0 saturated carbocycles. The van der Waals surface area contributed by atoms with Gasteiger partial charge in [0, 0.05) is 0 Å². The van der Waals surface area contributed by atoms with Gasteiger partial charge in [-0.1, -0.05) is 34.9 Å². The van der Waals surface area contributed by atoms with Crippen LogP contribution >= 0.6 is 0 Å². The molecule has 0 amide bonds. The molecule has 1 aromatic rings. The third-order valence-electron chi connectivity index (χ3n) is 1.37. The molecule has 1 rings (SSSR count). The Balaban J connectivity index is 0.000000354. The summed E-state index contributed by atoms with van der Waals surface area (Å²) in [7, 11) is 0. The first-order valence-corrected chi connectivity index (χ1v) is 5.02. The summed E-state index contributed by atoms with van der Waals surface area (Å²) < 4.78 is 19.4. The fourth-order valence-electron chi connectivity index (χ4n) is 1.20. The summed E-state index contributed by atoms with van der Waals surface area (Å²) in [5, 5.41) is 0. The molecule has 0 nitrogen and oxygen atoms in total. The minimum absolute atomic E-state index is 1.35. The maximum atomic E-state index is 9.72. The Morgan fingerprint density at radius 3 is 1.17 bits per heavy atom. The van der Waals surface area contributed by atoms with Crippen LogP contribution in [0.2, 0.25) is 0 Å². The quantitative estimate of drug-likeness (QED) is 0.686. The standard InChI is InChI=1S/C9H12.F2Xe/c1-7-4-8(2)6-9(3)5-7;1-3-2/h4-6H,1-3H3;. The molecule has 1 aromatic carbocycles.